The summed E-state index contributed by atoms with van der Waals surface area (Å²) in [6.45, 7) is 1.25. The number of hydrogen-bond acceptors (Lipinski definition) is 5. The van der Waals surface area contributed by atoms with E-state index in [-0.39, 0.29) is 11.9 Å². The monoisotopic (exact) mass is 385 g/mol. The highest BCUT2D eigenvalue weighted by Crippen LogP contribution is 2.27. The quantitative estimate of drug-likeness (QED) is 0.460. The molecule has 148 valence electrons. The molecule has 5 amide bonds. The summed E-state index contributed by atoms with van der Waals surface area (Å²) in [6, 6.07) is 5.21. The van der Waals surface area contributed by atoms with Crippen LogP contribution in [-0.4, -0.2) is 51.9 Å². The molecule has 1 aromatic carbocycles. The molecule has 1 aliphatic heterocycles. The number of benzene rings is 1. The Morgan fingerprint density at radius 3 is 2.25 bits per heavy atom. The Kier molecular flexibility index (Phi) is 5.87. The molecule has 1 heterocycles. The van der Waals surface area contributed by atoms with Gasteiger partial charge in [-0.15, -0.1) is 0 Å². The van der Waals surface area contributed by atoms with Crippen molar-refractivity contribution in [3.63, 3.8) is 0 Å². The number of hydrogen-bond donors (Lipinski definition) is 1. The fourth-order valence-electron chi connectivity index (χ4n) is 3.55. The normalized spacial score (nSPS) is 18.0. The Morgan fingerprint density at radius 1 is 1.00 bits per heavy atom. The molecule has 28 heavy (non-hydrogen) atoms. The SMILES string of the molecule is CCC(=O)Nc1ccc(C(=O)CN2C(=O)C(=O)N(C3CCCCC3)C2=O)cc1. The van der Waals surface area contributed by atoms with E-state index in [1.807, 2.05) is 0 Å². The van der Waals surface area contributed by atoms with Gasteiger partial charge in [-0.25, -0.2) is 9.69 Å². The Morgan fingerprint density at radius 2 is 1.64 bits per heavy atom. The van der Waals surface area contributed by atoms with Crippen LogP contribution in [0, 0.1) is 0 Å². The minimum absolute atomic E-state index is 0.145. The van der Waals surface area contributed by atoms with Crippen molar-refractivity contribution >= 4 is 35.2 Å². The molecule has 1 saturated heterocycles. The second-order valence-electron chi connectivity index (χ2n) is 7.04. The third kappa shape index (κ3) is 3.95. The Balaban J connectivity index is 1.67. The van der Waals surface area contributed by atoms with Crippen molar-refractivity contribution in [2.75, 3.05) is 11.9 Å². The zero-order chi connectivity index (χ0) is 20.3. The van der Waals surface area contributed by atoms with E-state index < -0.39 is 30.2 Å². The third-order valence-corrected chi connectivity index (χ3v) is 5.14. The van der Waals surface area contributed by atoms with Gasteiger partial charge in [-0.2, -0.15) is 0 Å². The molecule has 0 atom stereocenters. The third-order valence-electron chi connectivity index (χ3n) is 5.14. The first-order chi connectivity index (χ1) is 13.4. The highest BCUT2D eigenvalue weighted by atomic mass is 16.2. The molecule has 0 spiro atoms. The predicted molar refractivity (Wildman–Crippen MR) is 101 cm³/mol. The van der Waals surface area contributed by atoms with E-state index in [0.29, 0.717) is 30.5 Å². The molecule has 8 nitrogen and oxygen atoms in total. The molecule has 1 aromatic rings. The molecular formula is C20H23N3O5. The van der Waals surface area contributed by atoms with Gasteiger partial charge in [0, 0.05) is 23.7 Å². The number of carbonyl (C=O) groups excluding carboxylic acids is 5. The summed E-state index contributed by atoms with van der Waals surface area (Å²) in [5.41, 5.74) is 0.842. The van der Waals surface area contributed by atoms with Crippen LogP contribution in [0.4, 0.5) is 10.5 Å². The molecule has 1 saturated carbocycles. The van der Waals surface area contributed by atoms with Gasteiger partial charge in [0.05, 0.1) is 6.54 Å². The lowest BCUT2D eigenvalue weighted by Gasteiger charge is -2.28. The second-order valence-corrected chi connectivity index (χ2v) is 7.04. The maximum atomic E-state index is 12.6. The highest BCUT2D eigenvalue weighted by molar-refractivity contribution is 6.45. The van der Waals surface area contributed by atoms with Crippen molar-refractivity contribution in [2.24, 2.45) is 0 Å². The molecule has 8 heteroatoms. The maximum Gasteiger partial charge on any atom is 0.334 e. The first-order valence-corrected chi connectivity index (χ1v) is 9.54. The standard InChI is InChI=1S/C20H23N3O5/c1-2-17(25)21-14-10-8-13(9-11-14)16(24)12-22-18(26)19(27)23(20(22)28)15-6-4-3-5-7-15/h8-11,15H,2-7,12H2,1H3,(H,21,25). The minimum Gasteiger partial charge on any atom is -0.326 e. The number of Topliss-reactive ketones (excluding diaryl/α,β-unsaturated/α-hetero) is 1. The number of nitrogens with zero attached hydrogens (tertiary/aromatic N) is 2. The van der Waals surface area contributed by atoms with Crippen molar-refractivity contribution in [3.05, 3.63) is 29.8 Å². The van der Waals surface area contributed by atoms with Gasteiger partial charge in [0.2, 0.25) is 5.91 Å². The lowest BCUT2D eigenvalue weighted by atomic mass is 9.94. The molecule has 0 radical (unpaired) electrons. The van der Waals surface area contributed by atoms with Crippen LogP contribution in [0.2, 0.25) is 0 Å². The summed E-state index contributed by atoms with van der Waals surface area (Å²) >= 11 is 0. The van der Waals surface area contributed by atoms with Gasteiger partial charge in [-0.3, -0.25) is 24.1 Å². The first kappa shape index (κ1) is 19.7. The van der Waals surface area contributed by atoms with Gasteiger partial charge < -0.3 is 5.32 Å². The van der Waals surface area contributed by atoms with Crippen LogP contribution >= 0.6 is 0 Å². The van der Waals surface area contributed by atoms with Crippen molar-refractivity contribution in [1.29, 1.82) is 0 Å². The Bertz CT molecular complexity index is 812. The van der Waals surface area contributed by atoms with Crippen LogP contribution < -0.4 is 5.32 Å². The maximum absolute atomic E-state index is 12.6. The molecular weight excluding hydrogens is 362 g/mol. The van der Waals surface area contributed by atoms with Gasteiger partial charge in [0.25, 0.3) is 0 Å². The number of imide groups is 2. The van der Waals surface area contributed by atoms with Crippen LogP contribution in [0.1, 0.15) is 55.8 Å². The molecule has 0 bridgehead atoms. The van der Waals surface area contributed by atoms with Gasteiger partial charge >= 0.3 is 17.8 Å². The minimum atomic E-state index is -0.948. The largest absolute Gasteiger partial charge is 0.334 e. The Labute approximate surface area is 162 Å². The van der Waals surface area contributed by atoms with Gasteiger partial charge in [0.15, 0.2) is 5.78 Å². The zero-order valence-corrected chi connectivity index (χ0v) is 15.8. The summed E-state index contributed by atoms with van der Waals surface area (Å²) < 4.78 is 0. The summed E-state index contributed by atoms with van der Waals surface area (Å²) in [7, 11) is 0. The van der Waals surface area contributed by atoms with E-state index in [0.717, 1.165) is 29.1 Å². The van der Waals surface area contributed by atoms with E-state index in [2.05, 4.69) is 5.32 Å². The van der Waals surface area contributed by atoms with E-state index in [9.17, 15) is 24.0 Å². The topological polar surface area (TPSA) is 104 Å². The van der Waals surface area contributed by atoms with Crippen LogP contribution in [0.3, 0.4) is 0 Å². The lowest BCUT2D eigenvalue weighted by Crippen LogP contribution is -2.43. The van der Waals surface area contributed by atoms with Crippen molar-refractivity contribution in [1.82, 2.24) is 9.80 Å². The molecule has 0 unspecified atom stereocenters. The van der Waals surface area contributed by atoms with Crippen LogP contribution in [0.15, 0.2) is 24.3 Å². The number of nitrogens with one attached hydrogen (secondary N) is 1. The summed E-state index contributed by atoms with van der Waals surface area (Å²) in [4.78, 5) is 62.8. The number of ketones is 1. The average molecular weight is 385 g/mol. The highest BCUT2D eigenvalue weighted by Gasteiger charge is 2.48. The summed E-state index contributed by atoms with van der Waals surface area (Å²) in [6.07, 6.45) is 4.60. The van der Waals surface area contributed by atoms with E-state index >= 15 is 0 Å². The van der Waals surface area contributed by atoms with Crippen LogP contribution in [0.25, 0.3) is 0 Å². The number of anilines is 1. The van der Waals surface area contributed by atoms with Gasteiger partial charge in [-0.1, -0.05) is 26.2 Å². The summed E-state index contributed by atoms with van der Waals surface area (Å²) in [5, 5.41) is 2.67. The van der Waals surface area contributed by atoms with Crippen molar-refractivity contribution < 1.29 is 24.0 Å². The number of urea groups is 1. The fraction of sp³-hybridized carbons (Fsp3) is 0.450. The van der Waals surface area contributed by atoms with Gasteiger partial charge in [0.1, 0.15) is 0 Å². The molecule has 3 rings (SSSR count). The molecule has 2 fully saturated rings. The molecule has 1 N–H and O–H groups in total. The number of rotatable bonds is 6. The van der Waals surface area contributed by atoms with Gasteiger partial charge in [-0.05, 0) is 37.1 Å². The molecule has 0 aromatic heterocycles. The fourth-order valence-corrected chi connectivity index (χ4v) is 3.55. The van der Waals surface area contributed by atoms with Crippen molar-refractivity contribution in [3.8, 4) is 0 Å². The molecule has 1 aliphatic carbocycles. The molecule has 2 aliphatic rings. The van der Waals surface area contributed by atoms with E-state index in [1.54, 1.807) is 19.1 Å². The van der Waals surface area contributed by atoms with E-state index in [1.165, 1.54) is 12.1 Å². The van der Waals surface area contributed by atoms with Crippen LogP contribution in [0.5, 0.6) is 0 Å². The zero-order valence-electron chi connectivity index (χ0n) is 15.8. The van der Waals surface area contributed by atoms with E-state index in [4.69, 9.17) is 0 Å². The van der Waals surface area contributed by atoms with Crippen molar-refractivity contribution in [2.45, 2.75) is 51.5 Å². The first-order valence-electron chi connectivity index (χ1n) is 9.54. The lowest BCUT2D eigenvalue weighted by molar-refractivity contribution is -0.144. The summed E-state index contributed by atoms with van der Waals surface area (Å²) in [5.74, 6) is -2.39. The number of carbonyl (C=O) groups is 5. The smallest absolute Gasteiger partial charge is 0.326 e. The second kappa shape index (κ2) is 8.33. The predicted octanol–water partition coefficient (Wildman–Crippen LogP) is 2.34. The Hall–Kier alpha value is -3.03. The average Bonchev–Trinajstić information content (AvgIpc) is 2.92. The number of amides is 5. The van der Waals surface area contributed by atoms with Crippen LogP contribution in [-0.2, 0) is 14.4 Å².